The Morgan fingerprint density at radius 3 is 2.67 bits per heavy atom. The van der Waals surface area contributed by atoms with Gasteiger partial charge in [-0.25, -0.2) is 9.97 Å². The van der Waals surface area contributed by atoms with Gasteiger partial charge in [-0.15, -0.1) is 11.3 Å². The first-order chi connectivity index (χ1) is 8.60. The Kier molecular flexibility index (Phi) is 3.91. The first-order valence-electron chi connectivity index (χ1n) is 6.05. The van der Waals surface area contributed by atoms with E-state index in [0.29, 0.717) is 0 Å². The number of aryl methyl sites for hydroxylation is 3. The molecular weight excluding hydrogens is 244 g/mol. The maximum Gasteiger partial charge on any atom is 0.150 e. The fourth-order valence-corrected chi connectivity index (χ4v) is 2.66. The highest BCUT2D eigenvalue weighted by Gasteiger charge is 2.10. The van der Waals surface area contributed by atoms with Crippen molar-refractivity contribution in [3.8, 4) is 0 Å². The smallest absolute Gasteiger partial charge is 0.150 e. The molecule has 0 bridgehead atoms. The average molecular weight is 262 g/mol. The number of hydrogen-bond donors (Lipinski definition) is 0. The van der Waals surface area contributed by atoms with E-state index in [4.69, 9.17) is 0 Å². The van der Waals surface area contributed by atoms with Gasteiger partial charge >= 0.3 is 0 Å². The summed E-state index contributed by atoms with van der Waals surface area (Å²) in [5, 5.41) is 1.12. The molecule has 5 heteroatoms. The molecule has 2 aromatic rings. The number of thiazole rings is 1. The third kappa shape index (κ3) is 2.85. The third-order valence-corrected chi connectivity index (χ3v) is 3.86. The summed E-state index contributed by atoms with van der Waals surface area (Å²) in [5.74, 6) is 0.934. The lowest BCUT2D eigenvalue weighted by atomic mass is 10.4. The Morgan fingerprint density at radius 2 is 2.00 bits per heavy atom. The lowest BCUT2D eigenvalue weighted by Crippen LogP contribution is -2.19. The highest BCUT2D eigenvalue weighted by molar-refractivity contribution is 7.11. The van der Waals surface area contributed by atoms with Crippen molar-refractivity contribution in [1.29, 1.82) is 0 Å². The van der Waals surface area contributed by atoms with Crippen molar-refractivity contribution < 1.29 is 0 Å². The van der Waals surface area contributed by atoms with Crippen LogP contribution in [0.1, 0.15) is 28.2 Å². The van der Waals surface area contributed by atoms with Crippen molar-refractivity contribution in [2.45, 2.75) is 33.7 Å². The van der Waals surface area contributed by atoms with E-state index in [-0.39, 0.29) is 0 Å². The van der Waals surface area contributed by atoms with Gasteiger partial charge in [0.2, 0.25) is 0 Å². The van der Waals surface area contributed by atoms with Crippen LogP contribution in [-0.2, 0) is 13.0 Å². The predicted molar refractivity (Wildman–Crippen MR) is 75.1 cm³/mol. The fourth-order valence-electron chi connectivity index (χ4n) is 1.75. The summed E-state index contributed by atoms with van der Waals surface area (Å²) in [6, 6.07) is 0. The van der Waals surface area contributed by atoms with Crippen molar-refractivity contribution in [3.05, 3.63) is 33.7 Å². The zero-order valence-corrected chi connectivity index (χ0v) is 12.1. The number of anilines is 1. The van der Waals surface area contributed by atoms with Gasteiger partial charge in [-0.3, -0.25) is 4.98 Å². The minimum Gasteiger partial charge on any atom is -0.351 e. The molecule has 0 aromatic carbocycles. The summed E-state index contributed by atoms with van der Waals surface area (Å²) in [7, 11) is 2.03. The van der Waals surface area contributed by atoms with Crippen LogP contribution in [0.2, 0.25) is 0 Å². The van der Waals surface area contributed by atoms with Gasteiger partial charge in [0.1, 0.15) is 10.8 Å². The normalized spacial score (nSPS) is 10.7. The second-order valence-corrected chi connectivity index (χ2v) is 5.55. The average Bonchev–Trinajstić information content (AvgIpc) is 2.80. The number of rotatable bonds is 4. The quantitative estimate of drug-likeness (QED) is 0.849. The van der Waals surface area contributed by atoms with E-state index in [2.05, 4.69) is 26.8 Å². The van der Waals surface area contributed by atoms with Crippen LogP contribution in [0.15, 0.2) is 12.4 Å². The van der Waals surface area contributed by atoms with Gasteiger partial charge in [0.05, 0.1) is 17.9 Å². The predicted octanol–water partition coefficient (Wildman–Crippen LogP) is 2.75. The highest BCUT2D eigenvalue weighted by atomic mass is 32.1. The van der Waals surface area contributed by atoms with Gasteiger partial charge in [-0.1, -0.05) is 6.92 Å². The monoisotopic (exact) mass is 262 g/mol. The third-order valence-electron chi connectivity index (χ3n) is 2.73. The lowest BCUT2D eigenvalue weighted by Gasteiger charge is -2.18. The van der Waals surface area contributed by atoms with E-state index in [1.165, 1.54) is 4.88 Å². The van der Waals surface area contributed by atoms with E-state index in [9.17, 15) is 0 Å². The van der Waals surface area contributed by atoms with Crippen LogP contribution in [0.25, 0.3) is 0 Å². The Morgan fingerprint density at radius 1 is 1.22 bits per heavy atom. The van der Waals surface area contributed by atoms with Crippen LogP contribution in [0, 0.1) is 13.8 Å². The first-order valence-corrected chi connectivity index (χ1v) is 6.86. The van der Waals surface area contributed by atoms with Crippen molar-refractivity contribution in [2.75, 3.05) is 11.9 Å². The van der Waals surface area contributed by atoms with Crippen LogP contribution in [0.5, 0.6) is 0 Å². The molecule has 0 saturated heterocycles. The zero-order valence-electron chi connectivity index (χ0n) is 11.3. The molecule has 0 fully saturated rings. The molecule has 18 heavy (non-hydrogen) atoms. The number of aromatic nitrogens is 3. The van der Waals surface area contributed by atoms with Gasteiger partial charge in [0.25, 0.3) is 0 Å². The second-order valence-electron chi connectivity index (χ2n) is 4.35. The molecule has 2 aromatic heterocycles. The largest absolute Gasteiger partial charge is 0.351 e. The molecule has 0 aliphatic heterocycles. The Labute approximate surface area is 112 Å². The molecule has 2 heterocycles. The summed E-state index contributed by atoms with van der Waals surface area (Å²) in [6.45, 7) is 6.88. The standard InChI is InChI=1S/C13H18N4S/c1-5-11-7-15-12(18-11)8-17(4)13-10(3)14-6-9(2)16-13/h6-7H,5,8H2,1-4H3. The van der Waals surface area contributed by atoms with E-state index in [1.807, 2.05) is 27.1 Å². The Hall–Kier alpha value is -1.49. The summed E-state index contributed by atoms with van der Waals surface area (Å²) in [6.07, 6.45) is 4.80. The van der Waals surface area contributed by atoms with Crippen LogP contribution >= 0.6 is 11.3 Å². The molecule has 0 spiro atoms. The van der Waals surface area contributed by atoms with Crippen molar-refractivity contribution >= 4 is 17.2 Å². The van der Waals surface area contributed by atoms with Crippen LogP contribution < -0.4 is 4.90 Å². The number of nitrogens with zero attached hydrogens (tertiary/aromatic N) is 4. The SMILES string of the molecule is CCc1cnc(CN(C)c2nc(C)cnc2C)s1. The summed E-state index contributed by atoms with van der Waals surface area (Å²) < 4.78 is 0. The van der Waals surface area contributed by atoms with Crippen molar-refractivity contribution in [3.63, 3.8) is 0 Å². The maximum atomic E-state index is 4.54. The van der Waals surface area contributed by atoms with E-state index < -0.39 is 0 Å². The van der Waals surface area contributed by atoms with Gasteiger partial charge in [0.15, 0.2) is 0 Å². The highest BCUT2D eigenvalue weighted by Crippen LogP contribution is 2.19. The molecule has 0 N–H and O–H groups in total. The molecule has 0 saturated carbocycles. The minimum atomic E-state index is 0.781. The molecule has 0 aliphatic rings. The molecule has 96 valence electrons. The maximum absolute atomic E-state index is 4.54. The molecule has 2 rings (SSSR count). The first kappa shape index (κ1) is 13.0. The van der Waals surface area contributed by atoms with Crippen LogP contribution in [-0.4, -0.2) is 22.0 Å². The molecule has 4 nitrogen and oxygen atoms in total. The molecule has 0 radical (unpaired) electrons. The fraction of sp³-hybridized carbons (Fsp3) is 0.462. The second kappa shape index (κ2) is 5.44. The van der Waals surface area contributed by atoms with E-state index in [1.54, 1.807) is 17.5 Å². The Balaban J connectivity index is 2.16. The van der Waals surface area contributed by atoms with Crippen LogP contribution in [0.3, 0.4) is 0 Å². The van der Waals surface area contributed by atoms with Crippen molar-refractivity contribution in [2.24, 2.45) is 0 Å². The molecule has 0 amide bonds. The summed E-state index contributed by atoms with van der Waals surface area (Å²) in [5.41, 5.74) is 1.89. The van der Waals surface area contributed by atoms with E-state index in [0.717, 1.165) is 35.2 Å². The minimum absolute atomic E-state index is 0.781. The molecular formula is C13H18N4S. The van der Waals surface area contributed by atoms with Gasteiger partial charge in [0, 0.05) is 24.3 Å². The summed E-state index contributed by atoms with van der Waals surface area (Å²) >= 11 is 1.76. The lowest BCUT2D eigenvalue weighted by molar-refractivity contribution is 0.862. The van der Waals surface area contributed by atoms with Crippen molar-refractivity contribution in [1.82, 2.24) is 15.0 Å². The Bertz CT molecular complexity index is 536. The summed E-state index contributed by atoms with van der Waals surface area (Å²) in [4.78, 5) is 16.7. The van der Waals surface area contributed by atoms with Gasteiger partial charge in [-0.05, 0) is 20.3 Å². The van der Waals surface area contributed by atoms with E-state index >= 15 is 0 Å². The number of hydrogen-bond acceptors (Lipinski definition) is 5. The zero-order chi connectivity index (χ0) is 13.1. The molecule has 0 atom stereocenters. The van der Waals surface area contributed by atoms with Gasteiger partial charge in [-0.2, -0.15) is 0 Å². The molecule has 0 aliphatic carbocycles. The van der Waals surface area contributed by atoms with Crippen LogP contribution in [0.4, 0.5) is 5.82 Å². The topological polar surface area (TPSA) is 41.9 Å². The van der Waals surface area contributed by atoms with Gasteiger partial charge < -0.3 is 4.90 Å². The molecule has 0 unspecified atom stereocenters.